The molecule has 1 amide bonds. The van der Waals surface area contributed by atoms with Crippen molar-refractivity contribution in [3.05, 3.63) is 32.7 Å². The molecule has 0 unspecified atom stereocenters. The molecule has 1 aromatic heterocycles. The molecule has 1 aliphatic rings. The third kappa shape index (κ3) is 3.06. The third-order valence-electron chi connectivity index (χ3n) is 3.01. The van der Waals surface area contributed by atoms with E-state index in [2.05, 4.69) is 15.9 Å². The van der Waals surface area contributed by atoms with E-state index in [1.165, 1.54) is 17.2 Å². The van der Waals surface area contributed by atoms with Gasteiger partial charge in [0, 0.05) is 17.2 Å². The topological polar surface area (TPSA) is 79.6 Å². The van der Waals surface area contributed by atoms with Crippen molar-refractivity contribution in [1.29, 1.82) is 0 Å². The zero-order chi connectivity index (χ0) is 14.9. The molecule has 0 saturated carbocycles. The lowest BCUT2D eigenvalue weighted by Crippen LogP contribution is -2.36. The zero-order valence-electron chi connectivity index (χ0n) is 10.4. The summed E-state index contributed by atoms with van der Waals surface area (Å²) < 4.78 is 14.5. The van der Waals surface area contributed by atoms with E-state index in [9.17, 15) is 18.8 Å². The Balaban J connectivity index is 2.36. The summed E-state index contributed by atoms with van der Waals surface area (Å²) in [6.45, 7) is -0.321. The number of alkyl halides is 1. The molecule has 1 fully saturated rings. The van der Waals surface area contributed by atoms with E-state index < -0.39 is 30.2 Å². The average Bonchev–Trinajstić information content (AvgIpc) is 2.78. The Kier molecular flexibility index (Phi) is 4.22. The fourth-order valence-electron chi connectivity index (χ4n) is 2.09. The van der Waals surface area contributed by atoms with Crippen molar-refractivity contribution in [1.82, 2.24) is 9.47 Å². The Morgan fingerprint density at radius 2 is 2.20 bits per heavy atom. The molecule has 1 saturated heterocycles. The van der Waals surface area contributed by atoms with E-state index in [0.29, 0.717) is 4.47 Å². The Bertz CT molecular complexity index is 616. The molecule has 0 spiro atoms. The first kappa shape index (κ1) is 14.7. The van der Waals surface area contributed by atoms with Crippen LogP contribution in [0.1, 0.15) is 16.8 Å². The lowest BCUT2D eigenvalue weighted by molar-refractivity contribution is -0.137. The van der Waals surface area contributed by atoms with Crippen molar-refractivity contribution >= 4 is 27.8 Å². The maximum Gasteiger partial charge on any atom is 0.323 e. The molecule has 20 heavy (non-hydrogen) atoms. The quantitative estimate of drug-likeness (QED) is 0.880. The maximum atomic E-state index is 13.1. The molecule has 2 rings (SSSR count). The molecule has 8 heteroatoms. The summed E-state index contributed by atoms with van der Waals surface area (Å²) in [7, 11) is 0. The number of aliphatic carboxylic acids is 1. The van der Waals surface area contributed by atoms with Crippen LogP contribution < -0.4 is 5.56 Å². The van der Waals surface area contributed by atoms with Gasteiger partial charge in [-0.05, 0) is 28.4 Å². The van der Waals surface area contributed by atoms with Crippen LogP contribution in [0.5, 0.6) is 0 Å². The van der Waals surface area contributed by atoms with Crippen LogP contribution >= 0.6 is 15.9 Å². The van der Waals surface area contributed by atoms with Gasteiger partial charge in [-0.25, -0.2) is 4.39 Å². The van der Waals surface area contributed by atoms with Crippen molar-refractivity contribution in [2.75, 3.05) is 13.1 Å². The first-order chi connectivity index (χ1) is 9.38. The summed E-state index contributed by atoms with van der Waals surface area (Å²) in [5.74, 6) is -1.76. The minimum absolute atomic E-state index is 0.0380. The van der Waals surface area contributed by atoms with Crippen LogP contribution in [0, 0.1) is 0 Å². The van der Waals surface area contributed by atoms with Crippen LogP contribution in [0.3, 0.4) is 0 Å². The van der Waals surface area contributed by atoms with Crippen LogP contribution in [0.4, 0.5) is 4.39 Å². The number of carbonyl (C=O) groups is 2. The highest BCUT2D eigenvalue weighted by Gasteiger charge is 2.28. The second kappa shape index (κ2) is 5.74. The maximum absolute atomic E-state index is 13.1. The second-order valence-electron chi connectivity index (χ2n) is 4.54. The molecular weight excluding hydrogens is 335 g/mol. The van der Waals surface area contributed by atoms with Crippen molar-refractivity contribution in [3.63, 3.8) is 0 Å². The van der Waals surface area contributed by atoms with Crippen LogP contribution in [0.25, 0.3) is 0 Å². The number of carboxylic acids is 1. The lowest BCUT2D eigenvalue weighted by atomic mass is 10.2. The Labute approximate surface area is 121 Å². The first-order valence-electron chi connectivity index (χ1n) is 5.93. The molecule has 0 aliphatic carbocycles. The fraction of sp³-hybridized carbons (Fsp3) is 0.417. The molecule has 1 atom stereocenters. The number of hydrogen-bond donors (Lipinski definition) is 1. The number of pyridine rings is 1. The molecule has 1 aliphatic heterocycles. The number of carbonyl (C=O) groups excluding carboxylic acids is 1. The Morgan fingerprint density at radius 1 is 1.50 bits per heavy atom. The van der Waals surface area contributed by atoms with E-state index in [-0.39, 0.29) is 25.1 Å². The van der Waals surface area contributed by atoms with Crippen LogP contribution in [-0.4, -0.2) is 45.7 Å². The van der Waals surface area contributed by atoms with E-state index in [0.717, 1.165) is 4.57 Å². The van der Waals surface area contributed by atoms with Crippen molar-refractivity contribution in [3.8, 4) is 0 Å². The summed E-state index contributed by atoms with van der Waals surface area (Å²) >= 11 is 3.13. The van der Waals surface area contributed by atoms with Gasteiger partial charge in [-0.3, -0.25) is 14.4 Å². The molecule has 108 valence electrons. The van der Waals surface area contributed by atoms with Gasteiger partial charge in [-0.15, -0.1) is 0 Å². The SMILES string of the molecule is O=C(O)Cn1cc(Br)cc(C(=O)N2CC[C@H](F)C2)c1=O. The van der Waals surface area contributed by atoms with E-state index in [4.69, 9.17) is 5.11 Å². The predicted octanol–water partition coefficient (Wildman–Crippen LogP) is 0.879. The molecule has 0 aromatic carbocycles. The standard InChI is InChI=1S/C12H12BrFN2O4/c13-7-3-9(11(19)15-2-1-8(14)5-15)12(20)16(4-7)6-10(17)18/h3-4,8H,1-2,5-6H2,(H,17,18)/t8-/m0/s1. The van der Waals surface area contributed by atoms with Gasteiger partial charge < -0.3 is 14.6 Å². The summed E-state index contributed by atoms with van der Waals surface area (Å²) in [6.07, 6.45) is 0.477. The van der Waals surface area contributed by atoms with Gasteiger partial charge in [0.2, 0.25) is 0 Å². The molecule has 2 heterocycles. The highest BCUT2D eigenvalue weighted by Crippen LogP contribution is 2.16. The lowest BCUT2D eigenvalue weighted by Gasteiger charge is -2.15. The monoisotopic (exact) mass is 346 g/mol. The predicted molar refractivity (Wildman–Crippen MR) is 71.5 cm³/mol. The average molecular weight is 347 g/mol. The highest BCUT2D eigenvalue weighted by molar-refractivity contribution is 9.10. The Hall–Kier alpha value is -1.70. The number of aromatic nitrogens is 1. The van der Waals surface area contributed by atoms with Crippen LogP contribution in [0.2, 0.25) is 0 Å². The number of nitrogens with zero attached hydrogens (tertiary/aromatic N) is 2. The van der Waals surface area contributed by atoms with Gasteiger partial charge >= 0.3 is 5.97 Å². The zero-order valence-corrected chi connectivity index (χ0v) is 12.0. The summed E-state index contributed by atoms with van der Waals surface area (Å²) in [6, 6.07) is 1.33. The number of carboxylic acid groups (broad SMARTS) is 1. The summed E-state index contributed by atoms with van der Waals surface area (Å²) in [5, 5.41) is 8.74. The number of rotatable bonds is 3. The van der Waals surface area contributed by atoms with Gasteiger partial charge in [-0.2, -0.15) is 0 Å². The highest BCUT2D eigenvalue weighted by atomic mass is 79.9. The number of halogens is 2. The molecular formula is C12H12BrFN2O4. The van der Waals surface area contributed by atoms with Crippen LogP contribution in [-0.2, 0) is 11.3 Å². The summed E-state index contributed by atoms with van der Waals surface area (Å²) in [5.41, 5.74) is -0.849. The number of likely N-dealkylation sites (tertiary alicyclic amines) is 1. The van der Waals surface area contributed by atoms with E-state index in [1.54, 1.807) is 0 Å². The third-order valence-corrected chi connectivity index (χ3v) is 3.44. The first-order valence-corrected chi connectivity index (χ1v) is 6.73. The van der Waals surface area contributed by atoms with Gasteiger partial charge in [-0.1, -0.05) is 0 Å². The Morgan fingerprint density at radius 3 is 2.75 bits per heavy atom. The van der Waals surface area contributed by atoms with Gasteiger partial charge in [0.05, 0.1) is 6.54 Å². The minimum atomic E-state index is -1.19. The molecule has 6 nitrogen and oxygen atoms in total. The second-order valence-corrected chi connectivity index (χ2v) is 5.45. The van der Waals surface area contributed by atoms with Crippen molar-refractivity contribution in [2.24, 2.45) is 0 Å². The molecule has 1 aromatic rings. The molecule has 1 N–H and O–H groups in total. The van der Waals surface area contributed by atoms with E-state index >= 15 is 0 Å². The van der Waals surface area contributed by atoms with Crippen LogP contribution in [0.15, 0.2) is 21.5 Å². The van der Waals surface area contributed by atoms with Crippen molar-refractivity contribution in [2.45, 2.75) is 19.1 Å². The van der Waals surface area contributed by atoms with Crippen molar-refractivity contribution < 1.29 is 19.1 Å². The number of hydrogen-bond acceptors (Lipinski definition) is 3. The van der Waals surface area contributed by atoms with E-state index in [1.807, 2.05) is 0 Å². The van der Waals surface area contributed by atoms with Gasteiger partial charge in [0.15, 0.2) is 0 Å². The van der Waals surface area contributed by atoms with Gasteiger partial charge in [0.1, 0.15) is 18.3 Å². The normalized spacial score (nSPS) is 18.3. The molecule has 0 radical (unpaired) electrons. The smallest absolute Gasteiger partial charge is 0.323 e. The fourth-order valence-corrected chi connectivity index (χ4v) is 2.56. The minimum Gasteiger partial charge on any atom is -0.480 e. The summed E-state index contributed by atoms with van der Waals surface area (Å²) in [4.78, 5) is 36.2. The number of amides is 1. The van der Waals surface area contributed by atoms with Gasteiger partial charge in [0.25, 0.3) is 11.5 Å². The molecule has 0 bridgehead atoms. The largest absolute Gasteiger partial charge is 0.480 e.